The molecule has 0 saturated heterocycles. The van der Waals surface area contributed by atoms with Crippen LogP contribution in [0.3, 0.4) is 0 Å². The summed E-state index contributed by atoms with van der Waals surface area (Å²) < 4.78 is 22.4. The number of hydrogen-bond donors (Lipinski definition) is 0. The minimum Gasteiger partial charge on any atom is -0.463 e. The summed E-state index contributed by atoms with van der Waals surface area (Å²) in [5.41, 5.74) is 1.00. The minimum atomic E-state index is -0.675. The number of esters is 1. The largest absolute Gasteiger partial charge is 0.463 e. The Bertz CT molecular complexity index is 584. The number of aldehydes is 1. The molecular weight excluding hydrogens is 239 g/mol. The van der Waals surface area contributed by atoms with Crippen molar-refractivity contribution < 1.29 is 23.1 Å². The maximum atomic E-state index is 12.8. The van der Waals surface area contributed by atoms with Gasteiger partial charge in [-0.15, -0.1) is 0 Å². The molecule has 0 amide bonds. The molecule has 0 saturated carbocycles. The molecule has 4 nitrogen and oxygen atoms in total. The molecular formula is C13H9FO4. The molecule has 0 aliphatic heterocycles. The first-order valence-electron chi connectivity index (χ1n) is 5.09. The first-order valence-corrected chi connectivity index (χ1v) is 5.09. The monoisotopic (exact) mass is 248 g/mol. The van der Waals surface area contributed by atoms with Crippen molar-refractivity contribution in [3.05, 3.63) is 47.7 Å². The number of carbonyl (C=O) groups is 2. The molecule has 18 heavy (non-hydrogen) atoms. The van der Waals surface area contributed by atoms with Crippen LogP contribution in [0.4, 0.5) is 4.39 Å². The average Bonchev–Trinajstić information content (AvgIpc) is 2.83. The molecule has 5 heteroatoms. The van der Waals surface area contributed by atoms with Crippen LogP contribution in [-0.2, 0) is 4.74 Å². The van der Waals surface area contributed by atoms with Gasteiger partial charge in [0, 0.05) is 11.6 Å². The summed E-state index contributed by atoms with van der Waals surface area (Å²) in [6.07, 6.45) is 0.491. The van der Waals surface area contributed by atoms with Gasteiger partial charge in [-0.3, -0.25) is 4.79 Å². The van der Waals surface area contributed by atoms with Crippen LogP contribution in [0.1, 0.15) is 21.1 Å². The fourth-order valence-electron chi connectivity index (χ4n) is 1.55. The first kappa shape index (κ1) is 12.0. The number of ether oxygens (including phenoxy) is 1. The van der Waals surface area contributed by atoms with E-state index in [9.17, 15) is 14.0 Å². The highest BCUT2D eigenvalue weighted by Gasteiger charge is 2.17. The van der Waals surface area contributed by atoms with Crippen LogP contribution in [0.5, 0.6) is 0 Å². The van der Waals surface area contributed by atoms with Crippen molar-refractivity contribution in [3.8, 4) is 11.1 Å². The van der Waals surface area contributed by atoms with E-state index in [1.54, 1.807) is 0 Å². The maximum absolute atomic E-state index is 12.8. The van der Waals surface area contributed by atoms with Crippen molar-refractivity contribution in [2.45, 2.75) is 0 Å². The first-order chi connectivity index (χ1) is 8.65. The molecule has 0 aliphatic carbocycles. The Labute approximate surface area is 102 Å². The molecule has 1 aromatic carbocycles. The molecule has 2 aromatic rings. The second kappa shape index (κ2) is 4.83. The average molecular weight is 248 g/mol. The van der Waals surface area contributed by atoms with E-state index in [4.69, 9.17) is 4.42 Å². The van der Waals surface area contributed by atoms with Gasteiger partial charge in [-0.25, -0.2) is 9.18 Å². The molecule has 1 heterocycles. The summed E-state index contributed by atoms with van der Waals surface area (Å²) in [5, 5.41) is 0. The summed E-state index contributed by atoms with van der Waals surface area (Å²) >= 11 is 0. The molecule has 1 aromatic heterocycles. The van der Waals surface area contributed by atoms with Crippen LogP contribution in [-0.4, -0.2) is 19.4 Å². The molecule has 2 rings (SSSR count). The van der Waals surface area contributed by atoms with E-state index < -0.39 is 5.97 Å². The number of carbonyl (C=O) groups excluding carboxylic acids is 2. The zero-order valence-corrected chi connectivity index (χ0v) is 9.48. The van der Waals surface area contributed by atoms with Gasteiger partial charge in [-0.2, -0.15) is 0 Å². The van der Waals surface area contributed by atoms with E-state index >= 15 is 0 Å². The van der Waals surface area contributed by atoms with Gasteiger partial charge in [0.05, 0.1) is 7.11 Å². The van der Waals surface area contributed by atoms with Crippen LogP contribution >= 0.6 is 0 Å². The number of rotatable bonds is 3. The van der Waals surface area contributed by atoms with Gasteiger partial charge in [0.25, 0.3) is 0 Å². The fraction of sp³-hybridized carbons (Fsp3) is 0.0769. The van der Waals surface area contributed by atoms with Crippen LogP contribution in [0.2, 0.25) is 0 Å². The van der Waals surface area contributed by atoms with Gasteiger partial charge in [0.15, 0.2) is 12.0 Å². The standard InChI is InChI=1S/C13H9FO4/c1-17-13(16)11-6-10(12(7-15)18-11)8-2-4-9(14)5-3-8/h2-7H,1H3. The molecule has 0 aliphatic rings. The van der Waals surface area contributed by atoms with E-state index in [1.807, 2.05) is 0 Å². The van der Waals surface area contributed by atoms with Crippen LogP contribution in [0.15, 0.2) is 34.7 Å². The van der Waals surface area contributed by atoms with Crippen molar-refractivity contribution in [1.82, 2.24) is 0 Å². The lowest BCUT2D eigenvalue weighted by atomic mass is 10.1. The Kier molecular flexibility index (Phi) is 3.23. The van der Waals surface area contributed by atoms with Crippen molar-refractivity contribution in [2.24, 2.45) is 0 Å². The lowest BCUT2D eigenvalue weighted by Crippen LogP contribution is -1.98. The van der Waals surface area contributed by atoms with Crippen LogP contribution in [0.25, 0.3) is 11.1 Å². The summed E-state index contributed by atoms with van der Waals surface area (Å²) in [7, 11) is 1.21. The summed E-state index contributed by atoms with van der Waals surface area (Å²) in [6, 6.07) is 6.90. The van der Waals surface area contributed by atoms with E-state index in [2.05, 4.69) is 4.74 Å². The Morgan fingerprint density at radius 2 is 2.00 bits per heavy atom. The molecule has 92 valence electrons. The van der Waals surface area contributed by atoms with E-state index in [-0.39, 0.29) is 17.3 Å². The third-order valence-electron chi connectivity index (χ3n) is 2.41. The van der Waals surface area contributed by atoms with Gasteiger partial charge in [-0.1, -0.05) is 12.1 Å². The van der Waals surface area contributed by atoms with E-state index in [0.29, 0.717) is 17.4 Å². The number of hydrogen-bond acceptors (Lipinski definition) is 4. The molecule has 0 radical (unpaired) electrons. The Morgan fingerprint density at radius 1 is 1.33 bits per heavy atom. The summed E-state index contributed by atoms with van der Waals surface area (Å²) in [5.74, 6) is -1.13. The molecule has 0 fully saturated rings. The normalized spacial score (nSPS) is 10.1. The zero-order valence-electron chi connectivity index (χ0n) is 9.48. The second-order valence-corrected chi connectivity index (χ2v) is 3.50. The van der Waals surface area contributed by atoms with Gasteiger partial charge < -0.3 is 9.15 Å². The van der Waals surface area contributed by atoms with Crippen LogP contribution < -0.4 is 0 Å². The molecule has 0 atom stereocenters. The van der Waals surface area contributed by atoms with E-state index in [0.717, 1.165) is 0 Å². The van der Waals surface area contributed by atoms with Crippen molar-refractivity contribution in [1.29, 1.82) is 0 Å². The minimum absolute atomic E-state index is 0.00186. The van der Waals surface area contributed by atoms with Gasteiger partial charge in [-0.05, 0) is 17.7 Å². The predicted molar refractivity (Wildman–Crippen MR) is 60.8 cm³/mol. The highest BCUT2D eigenvalue weighted by Crippen LogP contribution is 2.26. The van der Waals surface area contributed by atoms with Gasteiger partial charge in [0.1, 0.15) is 5.82 Å². The lowest BCUT2D eigenvalue weighted by Gasteiger charge is -1.97. The van der Waals surface area contributed by atoms with E-state index in [1.165, 1.54) is 37.4 Å². The number of benzene rings is 1. The van der Waals surface area contributed by atoms with Crippen LogP contribution in [0, 0.1) is 5.82 Å². The number of furan rings is 1. The predicted octanol–water partition coefficient (Wildman–Crippen LogP) is 2.68. The van der Waals surface area contributed by atoms with Crippen molar-refractivity contribution >= 4 is 12.3 Å². The smallest absolute Gasteiger partial charge is 0.373 e. The molecule has 0 unspecified atom stereocenters. The number of halogens is 1. The van der Waals surface area contributed by atoms with Crippen molar-refractivity contribution in [3.63, 3.8) is 0 Å². The van der Waals surface area contributed by atoms with Gasteiger partial charge in [0.2, 0.25) is 5.76 Å². The molecule has 0 spiro atoms. The molecule has 0 N–H and O–H groups in total. The third kappa shape index (κ3) is 2.15. The topological polar surface area (TPSA) is 56.5 Å². The maximum Gasteiger partial charge on any atom is 0.373 e. The third-order valence-corrected chi connectivity index (χ3v) is 2.41. The Balaban J connectivity index is 2.49. The van der Waals surface area contributed by atoms with Gasteiger partial charge >= 0.3 is 5.97 Å². The second-order valence-electron chi connectivity index (χ2n) is 3.50. The zero-order chi connectivity index (χ0) is 13.1. The summed E-state index contributed by atoms with van der Waals surface area (Å²) in [6.45, 7) is 0. The summed E-state index contributed by atoms with van der Waals surface area (Å²) in [4.78, 5) is 22.2. The Hall–Kier alpha value is -2.43. The lowest BCUT2D eigenvalue weighted by molar-refractivity contribution is 0.0564. The quantitative estimate of drug-likeness (QED) is 0.619. The highest BCUT2D eigenvalue weighted by molar-refractivity contribution is 5.92. The SMILES string of the molecule is COC(=O)c1cc(-c2ccc(F)cc2)c(C=O)o1. The number of methoxy groups -OCH3 is 1. The highest BCUT2D eigenvalue weighted by atomic mass is 19.1. The van der Waals surface area contributed by atoms with Crippen molar-refractivity contribution in [2.75, 3.05) is 7.11 Å². The fourth-order valence-corrected chi connectivity index (χ4v) is 1.55. The Morgan fingerprint density at radius 3 is 2.56 bits per heavy atom. The molecule has 0 bridgehead atoms.